The van der Waals surface area contributed by atoms with Gasteiger partial charge in [0.25, 0.3) is 0 Å². The van der Waals surface area contributed by atoms with E-state index in [1.807, 2.05) is 237 Å². The van der Waals surface area contributed by atoms with Gasteiger partial charge in [0, 0.05) is 44.5 Å². The van der Waals surface area contributed by atoms with E-state index in [0.717, 1.165) is 33.4 Å². The summed E-state index contributed by atoms with van der Waals surface area (Å²) in [7, 11) is -1.28. The third-order valence-corrected chi connectivity index (χ3v) is 20.8. The van der Waals surface area contributed by atoms with E-state index in [-0.39, 0.29) is 27.5 Å². The summed E-state index contributed by atoms with van der Waals surface area (Å²) in [5.41, 5.74) is 1.27. The number of rotatable bonds is 14. The van der Waals surface area contributed by atoms with Crippen LogP contribution in [-0.4, -0.2) is 93.8 Å². The first kappa shape index (κ1) is 76.3. The Morgan fingerprint density at radius 3 is 0.596 bits per heavy atom. The molecule has 0 bridgehead atoms. The van der Waals surface area contributed by atoms with Gasteiger partial charge in [-0.15, -0.1) is 0 Å². The third-order valence-electron chi connectivity index (χ3n) is 20.7. The Hall–Kier alpha value is -10.9. The fourth-order valence-electron chi connectivity index (χ4n) is 12.5. The van der Waals surface area contributed by atoms with E-state index in [2.05, 4.69) is 15.0 Å². The zero-order valence-electron chi connectivity index (χ0n) is 61.5. The van der Waals surface area contributed by atoms with E-state index in [9.17, 15) is 13.2 Å². The Balaban J connectivity index is 0.000000162. The van der Waals surface area contributed by atoms with Crippen LogP contribution < -0.4 is 10.9 Å². The van der Waals surface area contributed by atoms with Crippen molar-refractivity contribution in [3.05, 3.63) is 307 Å². The van der Waals surface area contributed by atoms with Crippen LogP contribution in [0.2, 0.25) is 5.28 Å². The van der Waals surface area contributed by atoms with Crippen molar-refractivity contribution in [2.75, 3.05) is 0 Å². The number of benzene rings is 10. The Labute approximate surface area is 635 Å². The molecule has 0 saturated carbocycles. The van der Waals surface area contributed by atoms with Gasteiger partial charge in [0.05, 0.1) is 22.4 Å². The van der Waals surface area contributed by atoms with Gasteiger partial charge in [-0.2, -0.15) is 36.3 Å². The molecule has 0 atom stereocenters. The van der Waals surface area contributed by atoms with Crippen molar-refractivity contribution in [1.29, 1.82) is 0 Å². The van der Waals surface area contributed by atoms with Crippen LogP contribution in [0.1, 0.15) is 91.5 Å². The summed E-state index contributed by atoms with van der Waals surface area (Å²) in [5, 5.41) is 0.202. The van der Waals surface area contributed by atoms with Crippen molar-refractivity contribution >= 4 is 36.8 Å². The van der Waals surface area contributed by atoms with Crippen molar-refractivity contribution in [3.63, 3.8) is 0 Å². The molecule has 2 aliphatic heterocycles. The molecule has 3 aromatic heterocycles. The molecule has 0 unspecified atom stereocenters. The van der Waals surface area contributed by atoms with E-state index >= 15 is 13.2 Å². The minimum absolute atomic E-state index is 0.0741. The van der Waals surface area contributed by atoms with Crippen LogP contribution in [0.15, 0.2) is 279 Å². The van der Waals surface area contributed by atoms with Gasteiger partial charge in [-0.3, -0.25) is 0 Å². The fraction of sp³-hybridized carbons (Fsp3) is 0.207. The van der Waals surface area contributed by atoms with Gasteiger partial charge in [-0.25, -0.2) is 34.9 Å². The van der Waals surface area contributed by atoms with Crippen LogP contribution in [0.25, 0.3) is 91.1 Å². The molecule has 13 nitrogen and oxygen atoms in total. The van der Waals surface area contributed by atoms with E-state index in [1.165, 1.54) is 62.4 Å². The first-order chi connectivity index (χ1) is 51.9. The molecule has 109 heavy (non-hydrogen) atoms. The minimum atomic E-state index is -4.63. The van der Waals surface area contributed by atoms with Gasteiger partial charge in [-0.1, -0.05) is 279 Å². The lowest BCUT2D eigenvalue weighted by Gasteiger charge is -2.33. The van der Waals surface area contributed by atoms with Crippen LogP contribution >= 0.6 is 11.6 Å². The molecular formula is C87H76B2ClF6N9O4. The van der Waals surface area contributed by atoms with Crippen molar-refractivity contribution in [2.24, 2.45) is 0 Å². The zero-order valence-corrected chi connectivity index (χ0v) is 62.3. The SMILES string of the molecule is CC(c1ccc(-c2nc(-c3ccccc3)nc(-c3ccccc3)n2)cc1)(c1ccc(-c2nc(-c3ccccc3)nc(-c3ccccc3)n2)cc1)C(F)(F)F.CC1(C)OB(c2ccc(C(C)(c3ccc(B4OC(C)(C)C(C)(C)O4)cc3)C(F)(F)F)cc2)OC1(C)C.Clc1nc(-c2ccccc2)nc(-c2ccccc2)n1. The molecule has 2 aliphatic rings. The summed E-state index contributed by atoms with van der Waals surface area (Å²) in [6.45, 7) is 17.9. The van der Waals surface area contributed by atoms with Crippen molar-refractivity contribution in [1.82, 2.24) is 44.9 Å². The first-order valence-electron chi connectivity index (χ1n) is 35.4. The molecule has 0 radical (unpaired) electrons. The highest BCUT2D eigenvalue weighted by molar-refractivity contribution is 6.62. The topological polar surface area (TPSA) is 153 Å². The van der Waals surface area contributed by atoms with Gasteiger partial charge < -0.3 is 18.6 Å². The molecule has 0 amide bonds. The maximum Gasteiger partial charge on any atom is 0.494 e. The normalized spacial score (nSPS) is 15.1. The number of alkyl halides is 6. The quantitative estimate of drug-likeness (QED) is 0.0750. The third kappa shape index (κ3) is 16.2. The molecular weight excluding hydrogens is 1410 g/mol. The Morgan fingerprint density at radius 1 is 0.248 bits per heavy atom. The molecule has 0 aliphatic carbocycles. The minimum Gasteiger partial charge on any atom is -0.399 e. The summed E-state index contributed by atoms with van der Waals surface area (Å²) >= 11 is 5.99. The first-order valence-corrected chi connectivity index (χ1v) is 35.8. The average Bonchev–Trinajstić information content (AvgIpc) is 1.41. The highest BCUT2D eigenvalue weighted by atomic mass is 35.5. The Kier molecular flexibility index (Phi) is 21.4. The van der Waals surface area contributed by atoms with Crippen molar-refractivity contribution < 1.29 is 45.0 Å². The zero-order chi connectivity index (χ0) is 77.2. The lowest BCUT2D eigenvalue weighted by molar-refractivity contribution is -0.173. The van der Waals surface area contributed by atoms with Crippen LogP contribution in [0.3, 0.4) is 0 Å². The molecule has 2 fully saturated rings. The highest BCUT2D eigenvalue weighted by Gasteiger charge is 2.57. The molecule has 15 rings (SSSR count). The summed E-state index contributed by atoms with van der Waals surface area (Å²) in [4.78, 5) is 41.1. The second-order valence-electron chi connectivity index (χ2n) is 28.9. The second kappa shape index (κ2) is 30.6. The molecule has 10 aromatic carbocycles. The van der Waals surface area contributed by atoms with Gasteiger partial charge in [0.1, 0.15) is 10.8 Å². The number of halogens is 7. The van der Waals surface area contributed by atoms with Crippen LogP contribution in [0.5, 0.6) is 0 Å². The Morgan fingerprint density at radius 2 is 0.413 bits per heavy atom. The summed E-state index contributed by atoms with van der Waals surface area (Å²) < 4.78 is 114. The molecule has 2 saturated heterocycles. The molecule has 548 valence electrons. The molecule has 0 N–H and O–H groups in total. The van der Waals surface area contributed by atoms with Crippen molar-refractivity contribution in [2.45, 2.75) is 115 Å². The summed E-state index contributed by atoms with van der Waals surface area (Å²) in [6.07, 6.45) is -9.15. The van der Waals surface area contributed by atoms with E-state index in [0.29, 0.717) is 68.6 Å². The van der Waals surface area contributed by atoms with Gasteiger partial charge >= 0.3 is 26.6 Å². The predicted octanol–water partition coefficient (Wildman–Crippen LogP) is 19.9. The molecule has 13 aromatic rings. The van der Waals surface area contributed by atoms with E-state index in [4.69, 9.17) is 60.1 Å². The molecule has 5 heterocycles. The number of nitrogens with zero attached hydrogens (tertiary/aromatic N) is 9. The number of aromatic nitrogens is 9. The summed E-state index contributed by atoms with van der Waals surface area (Å²) in [5.74, 6) is 3.74. The van der Waals surface area contributed by atoms with Gasteiger partial charge in [0.2, 0.25) is 5.28 Å². The Bertz CT molecular complexity index is 4830. The largest absolute Gasteiger partial charge is 0.494 e. The summed E-state index contributed by atoms with van der Waals surface area (Å²) in [6, 6.07) is 82.6. The fourth-order valence-corrected chi connectivity index (χ4v) is 12.6. The maximum absolute atomic E-state index is 15.2. The number of hydrogen-bond acceptors (Lipinski definition) is 13. The monoisotopic (exact) mass is 1480 g/mol. The van der Waals surface area contributed by atoms with Gasteiger partial charge in [-0.05, 0) is 114 Å². The lowest BCUT2D eigenvalue weighted by atomic mass is 9.71. The predicted molar refractivity (Wildman–Crippen MR) is 417 cm³/mol. The smallest absolute Gasteiger partial charge is 0.399 e. The van der Waals surface area contributed by atoms with E-state index < -0.39 is 59.8 Å². The molecule has 22 heteroatoms. The van der Waals surface area contributed by atoms with Crippen LogP contribution in [0.4, 0.5) is 26.3 Å². The molecule has 0 spiro atoms. The van der Waals surface area contributed by atoms with Crippen molar-refractivity contribution in [3.8, 4) is 91.1 Å². The highest BCUT2D eigenvalue weighted by Crippen LogP contribution is 2.49. The lowest BCUT2D eigenvalue weighted by Crippen LogP contribution is -2.42. The second-order valence-corrected chi connectivity index (χ2v) is 29.2. The standard InChI is InChI=1S/C45H31F3N6.C27H35B2F3O4.C15H10ClN3/c1-44(45(46,47)48,36-26-22-34(23-27-36)42-51-38(30-14-6-2-7-15-30)49-39(52-42)31-16-8-3-9-17-31)37-28-24-35(25-29-37)43-53-40(32-18-10-4-11-19-32)50-41(54-43)33-20-12-5-13-21-33;1-22(2)23(3,4)34-28(33-22)20-14-10-18(11-15-20)26(9,27(30,31)32)19-12-16-21(17-13-19)29-35-24(5,6)25(7,8)36-29;16-15-18-13(11-7-3-1-4-8-11)17-14(19-15)12-9-5-2-6-10-12/h2-29H,1H3;10-17H,1-9H3;1-10H. The van der Waals surface area contributed by atoms with Crippen LogP contribution in [0, 0.1) is 0 Å². The van der Waals surface area contributed by atoms with Crippen LogP contribution in [-0.2, 0) is 29.4 Å². The number of hydrogen-bond donors (Lipinski definition) is 0. The average molecular weight is 1480 g/mol. The maximum atomic E-state index is 15.2. The van der Waals surface area contributed by atoms with E-state index in [1.54, 1.807) is 48.5 Å². The van der Waals surface area contributed by atoms with Gasteiger partial charge in [0.15, 0.2) is 46.6 Å².